The molecule has 1 fully saturated rings. The smallest absolute Gasteiger partial charge is 0.225 e. The number of ether oxygens (including phenoxy) is 1. The van der Waals surface area contributed by atoms with Gasteiger partial charge in [-0.15, -0.1) is 0 Å². The first-order chi connectivity index (χ1) is 12.5. The normalized spacial score (nSPS) is 20.2. The summed E-state index contributed by atoms with van der Waals surface area (Å²) in [5.41, 5.74) is 0.884. The van der Waals surface area contributed by atoms with Crippen LogP contribution in [0, 0.1) is 17.6 Å². The first-order valence-electron chi connectivity index (χ1n) is 8.36. The summed E-state index contributed by atoms with van der Waals surface area (Å²) in [6, 6.07) is 4.56. The van der Waals surface area contributed by atoms with Crippen LogP contribution in [0.2, 0.25) is 0 Å². The van der Waals surface area contributed by atoms with Gasteiger partial charge < -0.3 is 15.2 Å². The highest BCUT2D eigenvalue weighted by atomic mass is 19.1. The highest BCUT2D eigenvalue weighted by Gasteiger charge is 2.36. The lowest BCUT2D eigenvalue weighted by Crippen LogP contribution is -2.42. The van der Waals surface area contributed by atoms with Crippen LogP contribution in [-0.2, 0) is 11.2 Å². The predicted molar refractivity (Wildman–Crippen MR) is 90.5 cm³/mol. The van der Waals surface area contributed by atoms with E-state index < -0.39 is 11.6 Å². The second kappa shape index (κ2) is 7.78. The standard InChI is InChI=1S/C19H20F2N2O3/c1-26-16-6-13(9-22-10-16)19(12-4-15(24)5-12)23-18(25)7-11-2-3-14(20)8-17(11)21/h2-3,6,8-10,12,15,19,24H,4-5,7H2,1H3,(H,23,25). The summed E-state index contributed by atoms with van der Waals surface area (Å²) in [6.07, 6.45) is 3.74. The topological polar surface area (TPSA) is 71.5 Å². The summed E-state index contributed by atoms with van der Waals surface area (Å²) in [7, 11) is 1.53. The van der Waals surface area contributed by atoms with Gasteiger partial charge in [0.2, 0.25) is 5.91 Å². The van der Waals surface area contributed by atoms with Crippen LogP contribution < -0.4 is 10.1 Å². The summed E-state index contributed by atoms with van der Waals surface area (Å²) in [6.45, 7) is 0. The van der Waals surface area contributed by atoms with Gasteiger partial charge in [0, 0.05) is 12.3 Å². The molecule has 1 aromatic heterocycles. The Hall–Kier alpha value is -2.54. The number of pyridine rings is 1. The van der Waals surface area contributed by atoms with Gasteiger partial charge in [-0.05, 0) is 42.0 Å². The lowest BCUT2D eigenvalue weighted by atomic mass is 9.75. The number of methoxy groups -OCH3 is 1. The Morgan fingerprint density at radius 3 is 2.77 bits per heavy atom. The van der Waals surface area contributed by atoms with Crippen LogP contribution in [0.3, 0.4) is 0 Å². The van der Waals surface area contributed by atoms with Crippen molar-refractivity contribution in [3.8, 4) is 5.75 Å². The zero-order chi connectivity index (χ0) is 18.7. The van der Waals surface area contributed by atoms with Crippen LogP contribution in [0.1, 0.15) is 30.0 Å². The lowest BCUT2D eigenvalue weighted by Gasteiger charge is -2.38. The molecule has 26 heavy (non-hydrogen) atoms. The average Bonchev–Trinajstić information content (AvgIpc) is 2.60. The molecule has 1 aliphatic carbocycles. The Morgan fingerprint density at radius 2 is 2.12 bits per heavy atom. The number of hydrogen-bond donors (Lipinski definition) is 2. The van der Waals surface area contributed by atoms with Crippen molar-refractivity contribution in [2.24, 2.45) is 5.92 Å². The van der Waals surface area contributed by atoms with Crippen molar-refractivity contribution in [1.29, 1.82) is 0 Å². The van der Waals surface area contributed by atoms with Crippen molar-refractivity contribution >= 4 is 5.91 Å². The molecule has 7 heteroatoms. The Balaban J connectivity index is 1.75. The summed E-state index contributed by atoms with van der Waals surface area (Å²) in [5.74, 6) is -1.20. The second-order valence-corrected chi connectivity index (χ2v) is 6.50. The lowest BCUT2D eigenvalue weighted by molar-refractivity contribution is -0.122. The van der Waals surface area contributed by atoms with E-state index in [9.17, 15) is 18.7 Å². The molecule has 1 aromatic carbocycles. The molecular formula is C19H20F2N2O3. The van der Waals surface area contributed by atoms with E-state index in [1.807, 2.05) is 0 Å². The molecule has 1 heterocycles. The zero-order valence-electron chi connectivity index (χ0n) is 14.3. The minimum absolute atomic E-state index is 0.0564. The van der Waals surface area contributed by atoms with Gasteiger partial charge in [-0.1, -0.05) is 6.07 Å². The SMILES string of the molecule is COc1cncc(C(NC(=O)Cc2ccc(F)cc2F)C2CC(O)C2)c1. The van der Waals surface area contributed by atoms with Crippen LogP contribution in [-0.4, -0.2) is 29.2 Å². The number of amides is 1. The molecular weight excluding hydrogens is 342 g/mol. The number of halogens is 2. The molecule has 1 amide bonds. The summed E-state index contributed by atoms with van der Waals surface area (Å²) in [5, 5.41) is 12.5. The quantitative estimate of drug-likeness (QED) is 0.828. The summed E-state index contributed by atoms with van der Waals surface area (Å²) in [4.78, 5) is 16.5. The van der Waals surface area contributed by atoms with Crippen molar-refractivity contribution in [2.45, 2.75) is 31.4 Å². The fraction of sp³-hybridized carbons (Fsp3) is 0.368. The number of carbonyl (C=O) groups excluding carboxylic acids is 1. The van der Waals surface area contributed by atoms with Gasteiger partial charge in [-0.3, -0.25) is 9.78 Å². The minimum atomic E-state index is -0.751. The van der Waals surface area contributed by atoms with Crippen LogP contribution >= 0.6 is 0 Å². The van der Waals surface area contributed by atoms with Gasteiger partial charge in [0.05, 0.1) is 31.9 Å². The molecule has 1 unspecified atom stereocenters. The van der Waals surface area contributed by atoms with Crippen molar-refractivity contribution in [3.63, 3.8) is 0 Å². The van der Waals surface area contributed by atoms with E-state index in [2.05, 4.69) is 10.3 Å². The number of aromatic nitrogens is 1. The molecule has 0 radical (unpaired) electrons. The molecule has 2 aromatic rings. The number of carbonyl (C=O) groups is 1. The molecule has 138 valence electrons. The van der Waals surface area contributed by atoms with Gasteiger partial charge in [-0.2, -0.15) is 0 Å². The Morgan fingerprint density at radius 1 is 1.35 bits per heavy atom. The van der Waals surface area contributed by atoms with Crippen LogP contribution in [0.15, 0.2) is 36.7 Å². The molecule has 0 aliphatic heterocycles. The van der Waals surface area contributed by atoms with Crippen molar-refractivity contribution < 1.29 is 23.4 Å². The number of aliphatic hydroxyl groups is 1. The van der Waals surface area contributed by atoms with E-state index in [-0.39, 0.29) is 36.0 Å². The highest BCUT2D eigenvalue weighted by molar-refractivity contribution is 5.79. The maximum atomic E-state index is 13.8. The van der Waals surface area contributed by atoms with Crippen LogP contribution in [0.25, 0.3) is 0 Å². The monoisotopic (exact) mass is 362 g/mol. The molecule has 2 N–H and O–H groups in total. The molecule has 3 rings (SSSR count). The first-order valence-corrected chi connectivity index (χ1v) is 8.36. The molecule has 1 aliphatic rings. The van der Waals surface area contributed by atoms with Crippen LogP contribution in [0.5, 0.6) is 5.75 Å². The van der Waals surface area contributed by atoms with E-state index in [0.717, 1.165) is 17.7 Å². The van der Waals surface area contributed by atoms with Gasteiger partial charge in [0.15, 0.2) is 0 Å². The third-order valence-corrected chi connectivity index (χ3v) is 4.63. The van der Waals surface area contributed by atoms with Crippen LogP contribution in [0.4, 0.5) is 8.78 Å². The van der Waals surface area contributed by atoms with E-state index in [4.69, 9.17) is 4.74 Å². The highest BCUT2D eigenvalue weighted by Crippen LogP contribution is 2.38. The largest absolute Gasteiger partial charge is 0.495 e. The average molecular weight is 362 g/mol. The summed E-state index contributed by atoms with van der Waals surface area (Å²) >= 11 is 0. The minimum Gasteiger partial charge on any atom is -0.495 e. The van der Waals surface area contributed by atoms with E-state index >= 15 is 0 Å². The number of aliphatic hydroxyl groups excluding tert-OH is 1. The molecule has 1 saturated carbocycles. The Kier molecular flexibility index (Phi) is 5.46. The van der Waals surface area contributed by atoms with E-state index in [1.165, 1.54) is 13.2 Å². The number of nitrogens with one attached hydrogen (secondary N) is 1. The Bertz CT molecular complexity index is 794. The summed E-state index contributed by atoms with van der Waals surface area (Å²) < 4.78 is 32.0. The van der Waals surface area contributed by atoms with Gasteiger partial charge >= 0.3 is 0 Å². The second-order valence-electron chi connectivity index (χ2n) is 6.50. The number of rotatable bonds is 6. The third kappa shape index (κ3) is 4.16. The predicted octanol–water partition coefficient (Wildman–Crippen LogP) is 2.54. The number of nitrogens with zero attached hydrogens (tertiary/aromatic N) is 1. The van der Waals surface area contributed by atoms with Crippen molar-refractivity contribution in [1.82, 2.24) is 10.3 Å². The van der Waals surface area contributed by atoms with Crippen molar-refractivity contribution in [3.05, 3.63) is 59.4 Å². The van der Waals surface area contributed by atoms with Gasteiger partial charge in [0.25, 0.3) is 0 Å². The zero-order valence-corrected chi connectivity index (χ0v) is 14.3. The Labute approximate surface area is 150 Å². The molecule has 0 saturated heterocycles. The fourth-order valence-corrected chi connectivity index (χ4v) is 3.16. The van der Waals surface area contributed by atoms with Gasteiger partial charge in [-0.25, -0.2) is 8.78 Å². The van der Waals surface area contributed by atoms with Gasteiger partial charge in [0.1, 0.15) is 17.4 Å². The third-order valence-electron chi connectivity index (χ3n) is 4.63. The number of hydrogen-bond acceptors (Lipinski definition) is 4. The van der Waals surface area contributed by atoms with Crippen molar-refractivity contribution in [2.75, 3.05) is 7.11 Å². The molecule has 0 spiro atoms. The fourth-order valence-electron chi connectivity index (χ4n) is 3.16. The van der Waals surface area contributed by atoms with E-state index in [1.54, 1.807) is 18.5 Å². The maximum Gasteiger partial charge on any atom is 0.225 e. The maximum absolute atomic E-state index is 13.8. The first kappa shape index (κ1) is 18.3. The molecule has 5 nitrogen and oxygen atoms in total. The molecule has 0 bridgehead atoms. The number of benzene rings is 1. The van der Waals surface area contributed by atoms with E-state index in [0.29, 0.717) is 18.6 Å². The molecule has 1 atom stereocenters.